The van der Waals surface area contributed by atoms with Crippen LogP contribution in [0.5, 0.6) is 0 Å². The maximum Gasteiger partial charge on any atom is 0.410 e. The van der Waals surface area contributed by atoms with Crippen molar-refractivity contribution < 1.29 is 29.0 Å². The van der Waals surface area contributed by atoms with Crippen LogP contribution in [0.25, 0.3) is 0 Å². The summed E-state index contributed by atoms with van der Waals surface area (Å²) in [5, 5.41) is 12.0. The van der Waals surface area contributed by atoms with Gasteiger partial charge in [0.15, 0.2) is 6.04 Å². The fourth-order valence-electron chi connectivity index (χ4n) is 2.85. The molecule has 1 aromatic carbocycles. The maximum atomic E-state index is 12.6. The van der Waals surface area contributed by atoms with Crippen LogP contribution in [-0.2, 0) is 25.7 Å². The number of rotatable bonds is 6. The van der Waals surface area contributed by atoms with Gasteiger partial charge < -0.3 is 19.9 Å². The van der Waals surface area contributed by atoms with E-state index < -0.39 is 42.3 Å². The Morgan fingerprint density at radius 3 is 2.54 bits per heavy atom. The van der Waals surface area contributed by atoms with E-state index in [4.69, 9.17) is 9.47 Å². The lowest BCUT2D eigenvalue weighted by Crippen LogP contribution is -2.53. The number of carbonyl (C=O) groups is 3. The average Bonchev–Trinajstić information content (AvgIpc) is 3.13. The Hall–Kier alpha value is -2.61. The van der Waals surface area contributed by atoms with E-state index in [1.54, 1.807) is 32.9 Å². The number of likely N-dealkylation sites (tertiary alicyclic amines) is 1. The molecule has 1 aliphatic rings. The Labute approximate surface area is 164 Å². The number of amides is 2. The molecule has 1 aromatic rings. The van der Waals surface area contributed by atoms with Crippen molar-refractivity contribution in [3.05, 3.63) is 35.9 Å². The second-order valence-corrected chi connectivity index (χ2v) is 7.67. The zero-order chi connectivity index (χ0) is 20.7. The molecule has 8 heteroatoms. The van der Waals surface area contributed by atoms with Gasteiger partial charge in [-0.2, -0.15) is 0 Å². The van der Waals surface area contributed by atoms with Gasteiger partial charge in [0.2, 0.25) is 5.91 Å². The van der Waals surface area contributed by atoms with E-state index in [-0.39, 0.29) is 6.61 Å². The molecule has 154 valence electrons. The lowest BCUT2D eigenvalue weighted by atomic mass is 10.2. The molecule has 28 heavy (non-hydrogen) atoms. The van der Waals surface area contributed by atoms with Gasteiger partial charge in [-0.3, -0.25) is 9.69 Å². The normalized spacial score (nSPS) is 17.7. The summed E-state index contributed by atoms with van der Waals surface area (Å²) in [6.07, 6.45) is 0.541. The van der Waals surface area contributed by atoms with E-state index in [9.17, 15) is 19.5 Å². The summed E-state index contributed by atoms with van der Waals surface area (Å²) in [5.74, 6) is -1.25. The first-order valence-electron chi connectivity index (χ1n) is 9.32. The Bertz CT molecular complexity index is 686. The minimum Gasteiger partial charge on any atom is -0.459 e. The van der Waals surface area contributed by atoms with Crippen LogP contribution in [0.3, 0.4) is 0 Å². The molecule has 1 heterocycles. The third kappa shape index (κ3) is 6.23. The quantitative estimate of drug-likeness (QED) is 0.713. The first-order valence-corrected chi connectivity index (χ1v) is 9.32. The second-order valence-electron chi connectivity index (χ2n) is 7.67. The number of hydrogen-bond acceptors (Lipinski definition) is 6. The largest absolute Gasteiger partial charge is 0.459 e. The van der Waals surface area contributed by atoms with Crippen molar-refractivity contribution in [2.24, 2.45) is 0 Å². The van der Waals surface area contributed by atoms with Crippen LogP contribution in [0.15, 0.2) is 30.3 Å². The molecule has 0 spiro atoms. The number of nitrogens with one attached hydrogen (secondary N) is 1. The number of aliphatic hydroxyl groups is 1. The zero-order valence-electron chi connectivity index (χ0n) is 16.5. The third-order valence-corrected chi connectivity index (χ3v) is 4.19. The van der Waals surface area contributed by atoms with Crippen LogP contribution in [-0.4, -0.2) is 58.8 Å². The molecule has 0 aromatic heterocycles. The molecule has 1 fully saturated rings. The van der Waals surface area contributed by atoms with Gasteiger partial charge in [0.25, 0.3) is 0 Å². The molecule has 0 saturated carbocycles. The smallest absolute Gasteiger partial charge is 0.410 e. The van der Waals surface area contributed by atoms with Crippen molar-refractivity contribution in [2.75, 3.05) is 13.2 Å². The van der Waals surface area contributed by atoms with Crippen molar-refractivity contribution in [2.45, 2.75) is 57.9 Å². The van der Waals surface area contributed by atoms with Crippen LogP contribution >= 0.6 is 0 Å². The highest BCUT2D eigenvalue weighted by Gasteiger charge is 2.38. The van der Waals surface area contributed by atoms with Crippen molar-refractivity contribution in [3.8, 4) is 0 Å². The Morgan fingerprint density at radius 1 is 1.25 bits per heavy atom. The van der Waals surface area contributed by atoms with Crippen molar-refractivity contribution in [3.63, 3.8) is 0 Å². The number of esters is 1. The highest BCUT2D eigenvalue weighted by molar-refractivity contribution is 5.90. The van der Waals surface area contributed by atoms with E-state index >= 15 is 0 Å². The lowest BCUT2D eigenvalue weighted by Gasteiger charge is -2.28. The summed E-state index contributed by atoms with van der Waals surface area (Å²) in [7, 11) is 0. The van der Waals surface area contributed by atoms with E-state index in [1.807, 2.05) is 18.2 Å². The SMILES string of the molecule is CC(C)(C)OC(=O)N1CCC[C@H]1C(=O)N[C@@H](CO)C(=O)OCc1ccccc1. The predicted octanol–water partition coefficient (Wildman–Crippen LogP) is 1.61. The van der Waals surface area contributed by atoms with E-state index in [2.05, 4.69) is 5.32 Å². The zero-order valence-corrected chi connectivity index (χ0v) is 16.5. The summed E-state index contributed by atoms with van der Waals surface area (Å²) >= 11 is 0. The minimum absolute atomic E-state index is 0.0412. The standard InChI is InChI=1S/C20H28N2O6/c1-20(2,3)28-19(26)22-11-7-10-16(22)17(24)21-15(12-23)18(25)27-13-14-8-5-4-6-9-14/h4-6,8-9,15-16,23H,7,10-13H2,1-3H3,(H,21,24)/t15-,16-/m0/s1. The highest BCUT2D eigenvalue weighted by Crippen LogP contribution is 2.21. The molecule has 2 rings (SSSR count). The van der Waals surface area contributed by atoms with Crippen molar-refractivity contribution in [1.82, 2.24) is 10.2 Å². The van der Waals surface area contributed by atoms with Gasteiger partial charge in [0, 0.05) is 6.54 Å². The predicted molar refractivity (Wildman–Crippen MR) is 101 cm³/mol. The number of ether oxygens (including phenoxy) is 2. The van der Waals surface area contributed by atoms with Gasteiger partial charge in [-0.25, -0.2) is 9.59 Å². The highest BCUT2D eigenvalue weighted by atomic mass is 16.6. The topological polar surface area (TPSA) is 105 Å². The van der Waals surface area contributed by atoms with Gasteiger partial charge in [0.05, 0.1) is 6.61 Å². The molecular formula is C20H28N2O6. The molecule has 0 unspecified atom stereocenters. The Morgan fingerprint density at radius 2 is 1.93 bits per heavy atom. The summed E-state index contributed by atoms with van der Waals surface area (Å²) in [6.45, 7) is 5.09. The summed E-state index contributed by atoms with van der Waals surface area (Å²) in [5.41, 5.74) is 0.126. The molecule has 0 aliphatic carbocycles. The van der Waals surface area contributed by atoms with Gasteiger partial charge in [0.1, 0.15) is 18.2 Å². The second kappa shape index (κ2) is 9.54. The Kier molecular flexibility index (Phi) is 7.39. The summed E-state index contributed by atoms with van der Waals surface area (Å²) in [6, 6.07) is 7.15. The van der Waals surface area contributed by atoms with Crippen LogP contribution in [0.4, 0.5) is 4.79 Å². The van der Waals surface area contributed by atoms with Gasteiger partial charge in [-0.05, 0) is 39.2 Å². The van der Waals surface area contributed by atoms with E-state index in [0.717, 1.165) is 5.56 Å². The minimum atomic E-state index is -1.20. The van der Waals surface area contributed by atoms with Crippen LogP contribution in [0, 0.1) is 0 Å². The number of nitrogens with zero attached hydrogens (tertiary/aromatic N) is 1. The molecular weight excluding hydrogens is 364 g/mol. The van der Waals surface area contributed by atoms with Gasteiger partial charge in [-0.1, -0.05) is 30.3 Å². The summed E-state index contributed by atoms with van der Waals surface area (Å²) < 4.78 is 10.5. The van der Waals surface area contributed by atoms with Crippen molar-refractivity contribution >= 4 is 18.0 Å². The van der Waals surface area contributed by atoms with Crippen LogP contribution in [0.2, 0.25) is 0 Å². The van der Waals surface area contributed by atoms with Crippen LogP contribution in [0.1, 0.15) is 39.2 Å². The number of benzene rings is 1. The molecule has 8 nitrogen and oxygen atoms in total. The van der Waals surface area contributed by atoms with Gasteiger partial charge >= 0.3 is 12.1 Å². The van der Waals surface area contributed by atoms with E-state index in [0.29, 0.717) is 19.4 Å². The fraction of sp³-hybridized carbons (Fsp3) is 0.550. The third-order valence-electron chi connectivity index (χ3n) is 4.19. The van der Waals surface area contributed by atoms with Gasteiger partial charge in [-0.15, -0.1) is 0 Å². The molecule has 1 saturated heterocycles. The molecule has 2 amide bonds. The first-order chi connectivity index (χ1) is 13.2. The van der Waals surface area contributed by atoms with Crippen molar-refractivity contribution in [1.29, 1.82) is 0 Å². The molecule has 2 atom stereocenters. The molecule has 2 N–H and O–H groups in total. The van der Waals surface area contributed by atoms with Crippen LogP contribution < -0.4 is 5.32 Å². The molecule has 1 aliphatic heterocycles. The molecule has 0 radical (unpaired) electrons. The maximum absolute atomic E-state index is 12.6. The summed E-state index contributed by atoms with van der Waals surface area (Å²) in [4.78, 5) is 38.5. The number of carbonyl (C=O) groups excluding carboxylic acids is 3. The monoisotopic (exact) mass is 392 g/mol. The van der Waals surface area contributed by atoms with E-state index in [1.165, 1.54) is 4.90 Å². The number of aliphatic hydroxyl groups excluding tert-OH is 1. The fourth-order valence-corrected chi connectivity index (χ4v) is 2.85. The average molecular weight is 392 g/mol. The number of hydrogen-bond donors (Lipinski definition) is 2. The molecule has 0 bridgehead atoms. The lowest BCUT2D eigenvalue weighted by molar-refractivity contribution is -0.150. The Balaban J connectivity index is 1.92. The first kappa shape index (κ1) is 21.7.